The molecule has 0 saturated heterocycles. The molecule has 2 aromatic rings. The van der Waals surface area contributed by atoms with E-state index >= 15 is 0 Å². The van der Waals surface area contributed by atoms with Crippen LogP contribution in [0.25, 0.3) is 0 Å². The second-order valence-corrected chi connectivity index (χ2v) is 6.26. The van der Waals surface area contributed by atoms with Gasteiger partial charge in [0.05, 0.1) is 6.61 Å². The minimum Gasteiger partial charge on any atom is -0.494 e. The Hall–Kier alpha value is -2.14. The molecule has 0 aliphatic rings. The van der Waals surface area contributed by atoms with Crippen LogP contribution in [0.3, 0.4) is 0 Å². The fourth-order valence-corrected chi connectivity index (χ4v) is 2.70. The van der Waals surface area contributed by atoms with E-state index in [1.165, 1.54) is 0 Å². The van der Waals surface area contributed by atoms with Crippen LogP contribution < -0.4 is 10.1 Å². The first kappa shape index (κ1) is 16.2. The summed E-state index contributed by atoms with van der Waals surface area (Å²) in [4.78, 5) is 12.2. The van der Waals surface area contributed by atoms with Crippen LogP contribution in [0.4, 0.5) is 5.69 Å². The fourth-order valence-electron chi connectivity index (χ4n) is 2.05. The van der Waals surface area contributed by atoms with E-state index in [9.17, 15) is 9.00 Å². The molecule has 0 aliphatic carbocycles. The fraction of sp³-hybridized carbons (Fsp3) is 0.235. The largest absolute Gasteiger partial charge is 0.494 e. The normalized spacial score (nSPS) is 11.7. The van der Waals surface area contributed by atoms with E-state index in [1.807, 2.05) is 31.2 Å². The molecule has 116 valence electrons. The van der Waals surface area contributed by atoms with Crippen LogP contribution in [-0.2, 0) is 16.6 Å². The molecule has 2 rings (SSSR count). The van der Waals surface area contributed by atoms with Gasteiger partial charge in [-0.1, -0.05) is 12.1 Å². The Morgan fingerprint density at radius 1 is 1.18 bits per heavy atom. The number of ether oxygens (including phenoxy) is 1. The quantitative estimate of drug-likeness (QED) is 0.890. The number of benzene rings is 2. The van der Waals surface area contributed by atoms with Gasteiger partial charge < -0.3 is 10.1 Å². The molecule has 1 unspecified atom stereocenters. The minimum atomic E-state index is -0.905. The highest BCUT2D eigenvalue weighted by Crippen LogP contribution is 2.16. The van der Waals surface area contributed by atoms with Gasteiger partial charge in [0.1, 0.15) is 5.75 Å². The lowest BCUT2D eigenvalue weighted by molar-refractivity contribution is 0.102. The monoisotopic (exact) mass is 317 g/mol. The van der Waals surface area contributed by atoms with Gasteiger partial charge in [0, 0.05) is 34.1 Å². The van der Waals surface area contributed by atoms with Gasteiger partial charge in [-0.3, -0.25) is 9.00 Å². The Balaban J connectivity index is 2.06. The van der Waals surface area contributed by atoms with Crippen molar-refractivity contribution in [3.63, 3.8) is 0 Å². The van der Waals surface area contributed by atoms with Crippen LogP contribution >= 0.6 is 0 Å². The van der Waals surface area contributed by atoms with Crippen molar-refractivity contribution < 1.29 is 13.7 Å². The minimum absolute atomic E-state index is 0.183. The van der Waals surface area contributed by atoms with Crippen LogP contribution in [0.2, 0.25) is 0 Å². The molecule has 1 amide bonds. The number of carbonyl (C=O) groups is 1. The third-order valence-electron chi connectivity index (χ3n) is 2.98. The predicted octanol–water partition coefficient (Wildman–Crippen LogP) is 3.22. The molecule has 0 spiro atoms. The molecule has 0 bridgehead atoms. The summed E-state index contributed by atoms with van der Waals surface area (Å²) >= 11 is 0. The molecule has 0 radical (unpaired) electrons. The molecule has 1 N–H and O–H groups in total. The van der Waals surface area contributed by atoms with E-state index in [0.717, 1.165) is 11.3 Å². The van der Waals surface area contributed by atoms with E-state index in [2.05, 4.69) is 5.32 Å². The van der Waals surface area contributed by atoms with Gasteiger partial charge in [-0.05, 0) is 48.9 Å². The Morgan fingerprint density at radius 2 is 1.91 bits per heavy atom. The Kier molecular flexibility index (Phi) is 5.72. The van der Waals surface area contributed by atoms with Crippen LogP contribution in [0, 0.1) is 0 Å². The van der Waals surface area contributed by atoms with Gasteiger partial charge in [-0.25, -0.2) is 0 Å². The average Bonchev–Trinajstić information content (AvgIpc) is 2.48. The first-order chi connectivity index (χ1) is 10.6. The standard InChI is InChI=1S/C17H19NO3S/c1-3-21-16-9-7-14(8-10-16)17(19)18-15-6-4-5-13(11-15)12-22(2)20/h4-11H,3,12H2,1-2H3,(H,18,19). The Bertz CT molecular complexity index is 668. The Morgan fingerprint density at radius 3 is 2.55 bits per heavy atom. The number of hydrogen-bond donors (Lipinski definition) is 1. The summed E-state index contributed by atoms with van der Waals surface area (Å²) in [6, 6.07) is 14.4. The van der Waals surface area contributed by atoms with Crippen LogP contribution in [0.15, 0.2) is 48.5 Å². The number of hydrogen-bond acceptors (Lipinski definition) is 3. The van der Waals surface area contributed by atoms with Gasteiger partial charge in [0.2, 0.25) is 0 Å². The number of rotatable bonds is 6. The van der Waals surface area contributed by atoms with Crippen molar-refractivity contribution in [2.75, 3.05) is 18.2 Å². The summed E-state index contributed by atoms with van der Waals surface area (Å²) in [5.41, 5.74) is 2.19. The van der Waals surface area contributed by atoms with Crippen molar-refractivity contribution in [1.82, 2.24) is 0 Å². The van der Waals surface area contributed by atoms with Gasteiger partial charge in [-0.15, -0.1) is 0 Å². The van der Waals surface area contributed by atoms with Gasteiger partial charge >= 0.3 is 0 Å². The zero-order chi connectivity index (χ0) is 15.9. The first-order valence-corrected chi connectivity index (χ1v) is 8.74. The van der Waals surface area contributed by atoms with Crippen molar-refractivity contribution >= 4 is 22.4 Å². The lowest BCUT2D eigenvalue weighted by Crippen LogP contribution is -2.12. The van der Waals surface area contributed by atoms with Gasteiger partial charge in [-0.2, -0.15) is 0 Å². The first-order valence-electron chi connectivity index (χ1n) is 7.01. The van der Waals surface area contributed by atoms with Crippen molar-refractivity contribution in [1.29, 1.82) is 0 Å². The zero-order valence-electron chi connectivity index (χ0n) is 12.7. The third kappa shape index (κ3) is 4.70. The number of carbonyl (C=O) groups excluding carboxylic acids is 1. The topological polar surface area (TPSA) is 55.4 Å². The molecule has 0 aliphatic heterocycles. The molecule has 4 nitrogen and oxygen atoms in total. The molecular formula is C17H19NO3S. The number of anilines is 1. The van der Waals surface area contributed by atoms with Crippen molar-refractivity contribution in [3.8, 4) is 5.75 Å². The van der Waals surface area contributed by atoms with Gasteiger partial charge in [0.15, 0.2) is 0 Å². The maximum absolute atomic E-state index is 12.2. The van der Waals surface area contributed by atoms with E-state index < -0.39 is 10.8 Å². The summed E-state index contributed by atoms with van der Waals surface area (Å²) in [6.07, 6.45) is 1.66. The van der Waals surface area contributed by atoms with E-state index in [0.29, 0.717) is 23.6 Å². The second-order valence-electron chi connectivity index (χ2n) is 4.83. The highest BCUT2D eigenvalue weighted by atomic mass is 32.2. The maximum atomic E-state index is 12.2. The SMILES string of the molecule is CCOc1ccc(C(=O)Nc2cccc(CS(C)=O)c2)cc1. The van der Waals surface area contributed by atoms with Crippen molar-refractivity contribution in [3.05, 3.63) is 59.7 Å². The summed E-state index contributed by atoms with van der Waals surface area (Å²) in [5.74, 6) is 1.04. The van der Waals surface area contributed by atoms with Crippen LogP contribution in [0.5, 0.6) is 5.75 Å². The molecule has 0 fully saturated rings. The lowest BCUT2D eigenvalue weighted by atomic mass is 10.2. The summed E-state index contributed by atoms with van der Waals surface area (Å²) in [5, 5.41) is 2.84. The number of nitrogens with one attached hydrogen (secondary N) is 1. The molecule has 1 atom stereocenters. The van der Waals surface area contributed by atoms with Crippen molar-refractivity contribution in [2.45, 2.75) is 12.7 Å². The average molecular weight is 317 g/mol. The smallest absolute Gasteiger partial charge is 0.255 e. The zero-order valence-corrected chi connectivity index (χ0v) is 13.5. The molecule has 0 aromatic heterocycles. The van der Waals surface area contributed by atoms with Crippen molar-refractivity contribution in [2.24, 2.45) is 0 Å². The molecular weight excluding hydrogens is 298 g/mol. The van der Waals surface area contributed by atoms with E-state index in [1.54, 1.807) is 30.5 Å². The van der Waals surface area contributed by atoms with Gasteiger partial charge in [0.25, 0.3) is 5.91 Å². The molecule has 0 saturated carbocycles. The molecule has 0 heterocycles. The lowest BCUT2D eigenvalue weighted by Gasteiger charge is -2.08. The van der Waals surface area contributed by atoms with Crippen LogP contribution in [0.1, 0.15) is 22.8 Å². The summed E-state index contributed by atoms with van der Waals surface area (Å²) < 4.78 is 16.6. The summed E-state index contributed by atoms with van der Waals surface area (Å²) in [6.45, 7) is 2.51. The summed E-state index contributed by atoms with van der Waals surface area (Å²) in [7, 11) is -0.905. The molecule has 22 heavy (non-hydrogen) atoms. The second kappa shape index (κ2) is 7.75. The highest BCUT2D eigenvalue weighted by molar-refractivity contribution is 7.83. The number of amides is 1. The third-order valence-corrected chi connectivity index (χ3v) is 3.72. The Labute approximate surface area is 133 Å². The molecule has 2 aromatic carbocycles. The predicted molar refractivity (Wildman–Crippen MR) is 89.8 cm³/mol. The highest BCUT2D eigenvalue weighted by Gasteiger charge is 2.07. The maximum Gasteiger partial charge on any atom is 0.255 e. The van der Waals surface area contributed by atoms with E-state index in [-0.39, 0.29) is 5.91 Å². The molecule has 5 heteroatoms. The van der Waals surface area contributed by atoms with Crippen LogP contribution in [-0.4, -0.2) is 23.0 Å². The van der Waals surface area contributed by atoms with E-state index in [4.69, 9.17) is 4.74 Å².